The molecule has 0 aliphatic carbocycles. The summed E-state index contributed by atoms with van der Waals surface area (Å²) < 4.78 is 38.3. The van der Waals surface area contributed by atoms with Gasteiger partial charge in [0.2, 0.25) is 0 Å². The van der Waals surface area contributed by atoms with Crippen LogP contribution >= 0.6 is 40.5 Å². The van der Waals surface area contributed by atoms with Crippen LogP contribution < -0.4 is 25.0 Å². The Kier molecular flexibility index (Phi) is 24.2. The predicted molar refractivity (Wildman–Crippen MR) is 320 cm³/mol. The van der Waals surface area contributed by atoms with Gasteiger partial charge < -0.3 is 58.1 Å². The van der Waals surface area contributed by atoms with E-state index in [4.69, 9.17) is 38.4 Å². The van der Waals surface area contributed by atoms with Crippen LogP contribution in [-0.4, -0.2) is 141 Å². The topological polar surface area (TPSA) is 207 Å². The molecule has 6 aromatic carbocycles. The summed E-state index contributed by atoms with van der Waals surface area (Å²) in [5, 5.41) is 12.4. The van der Waals surface area contributed by atoms with E-state index in [2.05, 4.69) is 17.4 Å². The first-order valence-corrected chi connectivity index (χ1v) is 26.2. The summed E-state index contributed by atoms with van der Waals surface area (Å²) in [6.45, 7) is 6.96. The molecule has 436 valence electrons. The van der Waals surface area contributed by atoms with Crippen molar-refractivity contribution in [1.82, 2.24) is 30.4 Å². The van der Waals surface area contributed by atoms with Crippen LogP contribution in [0.15, 0.2) is 146 Å². The van der Waals surface area contributed by atoms with E-state index in [1.165, 1.54) is 19.8 Å². The molecule has 0 aromatic heterocycles. The molecule has 5 amide bonds. The number of rotatable bonds is 6. The van der Waals surface area contributed by atoms with Crippen LogP contribution in [0.4, 0.5) is 9.59 Å². The van der Waals surface area contributed by atoms with Crippen LogP contribution in [0.3, 0.4) is 0 Å². The lowest BCUT2D eigenvalue weighted by Crippen LogP contribution is -2.49. The highest BCUT2D eigenvalue weighted by Gasteiger charge is 2.35. The second kappa shape index (κ2) is 31.1. The van der Waals surface area contributed by atoms with Crippen molar-refractivity contribution < 1.29 is 62.3 Å². The number of hydrogen-bond donors (Lipinski definition) is 3. The van der Waals surface area contributed by atoms with E-state index in [-0.39, 0.29) is 88.8 Å². The molecule has 5 aliphatic heterocycles. The molecule has 0 spiro atoms. The molecule has 0 bridgehead atoms. The standard InChI is InChI=1S/C22H24N2O5.C21H23N3O5.C17H17NO3.3H2S/c1-27-21(25)17-7-8-18-14-24(22(26)23-9-11-28-12-10-23)19(15-29-20(18)13-17)16-5-3-2-4-6-16;25-20(22-27)16-6-7-17-13-24(21(26)23-8-10-28-11-9-23)18(14-29-19(17)12-16)15-4-2-1-3-5-15;1-20-17(19)13-7-8-14-10-18-15(11-21-16(14)9-13)12-5-3-2-4-6-12;;;/h2-8,13,19H,9-12,14-15H2,1H3;1-7,12,18,27H,8-11,13-14H2,(H,22,25);2-9,15,18H,10-11H2,1H3;3*1H2/t19-;18-;15-;;;/m111.../s1. The fourth-order valence-corrected chi connectivity index (χ4v) is 9.82. The molecule has 6 aromatic rings. The molecule has 3 atom stereocenters. The first-order valence-electron chi connectivity index (χ1n) is 26.2. The van der Waals surface area contributed by atoms with Gasteiger partial charge in [-0.15, -0.1) is 0 Å². The molecule has 5 aliphatic rings. The van der Waals surface area contributed by atoms with Gasteiger partial charge in [0.1, 0.15) is 37.1 Å². The van der Waals surface area contributed by atoms with Gasteiger partial charge in [0, 0.05) is 55.0 Å². The van der Waals surface area contributed by atoms with Crippen LogP contribution in [0.5, 0.6) is 17.2 Å². The zero-order valence-corrected chi connectivity index (χ0v) is 48.6. The Bertz CT molecular complexity index is 2920. The largest absolute Gasteiger partial charge is 0.491 e. The van der Waals surface area contributed by atoms with Gasteiger partial charge >= 0.3 is 24.0 Å². The van der Waals surface area contributed by atoms with Crippen molar-refractivity contribution in [2.24, 2.45) is 0 Å². The van der Waals surface area contributed by atoms with E-state index in [1.807, 2.05) is 106 Å². The highest BCUT2D eigenvalue weighted by molar-refractivity contribution is 7.59. The second-order valence-corrected chi connectivity index (χ2v) is 19.0. The van der Waals surface area contributed by atoms with Gasteiger partial charge in [-0.2, -0.15) is 40.5 Å². The number of ether oxygens (including phenoxy) is 7. The van der Waals surface area contributed by atoms with Crippen LogP contribution in [0.1, 0.15) is 82.6 Å². The van der Waals surface area contributed by atoms with Gasteiger partial charge in [0.15, 0.2) is 0 Å². The summed E-state index contributed by atoms with van der Waals surface area (Å²) in [5.41, 5.74) is 8.74. The van der Waals surface area contributed by atoms with Crippen molar-refractivity contribution in [2.75, 3.05) is 86.6 Å². The number of nitrogens with zero attached hydrogens (tertiary/aromatic N) is 4. The maximum atomic E-state index is 13.4. The van der Waals surface area contributed by atoms with Gasteiger partial charge in [0.05, 0.1) is 83.0 Å². The summed E-state index contributed by atoms with van der Waals surface area (Å²) in [6, 6.07) is 45.0. The number of hydroxylamine groups is 1. The number of carbonyl (C=O) groups is 5. The van der Waals surface area contributed by atoms with Crippen LogP contribution in [0.25, 0.3) is 0 Å². The van der Waals surface area contributed by atoms with Gasteiger partial charge in [-0.25, -0.2) is 24.7 Å². The first-order chi connectivity index (χ1) is 38.6. The normalized spacial score (nSPS) is 17.9. The van der Waals surface area contributed by atoms with Crippen molar-refractivity contribution in [2.45, 2.75) is 37.8 Å². The minimum absolute atomic E-state index is 0. The number of methoxy groups -OCH3 is 2. The van der Waals surface area contributed by atoms with E-state index in [1.54, 1.807) is 52.8 Å². The Labute approximate surface area is 498 Å². The van der Waals surface area contributed by atoms with Crippen molar-refractivity contribution in [3.05, 3.63) is 196 Å². The Hall–Kier alpha value is -7.44. The van der Waals surface area contributed by atoms with Gasteiger partial charge in [-0.05, 0) is 53.1 Å². The van der Waals surface area contributed by atoms with Gasteiger partial charge in [-0.1, -0.05) is 109 Å². The third-order valence-corrected chi connectivity index (χ3v) is 14.2. The molecule has 3 N–H and O–H groups in total. The van der Waals surface area contributed by atoms with Crippen LogP contribution in [-0.2, 0) is 38.6 Å². The number of esters is 2. The lowest BCUT2D eigenvalue weighted by Gasteiger charge is -2.36. The first kappa shape index (κ1) is 63.7. The Morgan fingerprint density at radius 3 is 1.30 bits per heavy atom. The third kappa shape index (κ3) is 15.8. The minimum atomic E-state index is -0.610. The van der Waals surface area contributed by atoms with Crippen LogP contribution in [0, 0.1) is 0 Å². The smallest absolute Gasteiger partial charge is 0.337 e. The molecule has 19 nitrogen and oxygen atoms in total. The molecule has 82 heavy (non-hydrogen) atoms. The maximum Gasteiger partial charge on any atom is 0.337 e. The van der Waals surface area contributed by atoms with E-state index < -0.39 is 11.9 Å². The number of nitrogens with one attached hydrogen (secondary N) is 2. The number of benzene rings is 6. The molecule has 2 saturated heterocycles. The number of morpholine rings is 2. The van der Waals surface area contributed by atoms with Gasteiger partial charge in [0.25, 0.3) is 5.91 Å². The van der Waals surface area contributed by atoms with E-state index in [0.717, 1.165) is 33.6 Å². The van der Waals surface area contributed by atoms with E-state index >= 15 is 0 Å². The summed E-state index contributed by atoms with van der Waals surface area (Å²) in [6.07, 6.45) is 0. The molecule has 11 rings (SSSR count). The second-order valence-electron chi connectivity index (χ2n) is 19.0. The molecular weight excluding hydrogens is 1110 g/mol. The molecule has 0 saturated carbocycles. The number of fused-ring (bicyclic) bond motifs is 3. The maximum absolute atomic E-state index is 13.4. The average Bonchev–Trinajstić information content (AvgIpc) is 4.01. The monoisotopic (exact) mass is 1180 g/mol. The van der Waals surface area contributed by atoms with E-state index in [0.29, 0.717) is 108 Å². The molecular formula is C60H70N6O13S3. The Balaban J connectivity index is 0.000000197. The highest BCUT2D eigenvalue weighted by atomic mass is 32.1. The minimum Gasteiger partial charge on any atom is -0.491 e. The number of amides is 5. The summed E-state index contributed by atoms with van der Waals surface area (Å²) in [5.74, 6) is 0.500. The zero-order valence-electron chi connectivity index (χ0n) is 45.6. The molecule has 0 radical (unpaired) electrons. The molecule has 5 heterocycles. The van der Waals surface area contributed by atoms with Gasteiger partial charge in [-0.3, -0.25) is 10.0 Å². The SMILES string of the molecule is COC(=O)c1ccc2c(c1)OC[C@H](c1ccccc1)N(C(=O)N1CCOCC1)C2.COC(=O)c1ccc2c(c1)OC[C@H](c1ccccc1)NC2.O=C(NO)c1ccc2c(c1)OC[C@H](c1ccccc1)N(C(=O)N1CCOCC1)C2.S.S.S. The van der Waals surface area contributed by atoms with E-state index in [9.17, 15) is 24.0 Å². The highest BCUT2D eigenvalue weighted by Crippen LogP contribution is 2.36. The molecule has 0 unspecified atom stereocenters. The molecule has 2 fully saturated rings. The van der Waals surface area contributed by atoms with Crippen LogP contribution in [0.2, 0.25) is 0 Å². The Morgan fingerprint density at radius 1 is 0.500 bits per heavy atom. The zero-order chi connectivity index (χ0) is 55.1. The van der Waals surface area contributed by atoms with Crippen molar-refractivity contribution in [1.29, 1.82) is 0 Å². The van der Waals surface area contributed by atoms with Crippen molar-refractivity contribution in [3.63, 3.8) is 0 Å². The summed E-state index contributed by atoms with van der Waals surface area (Å²) >= 11 is 0. The predicted octanol–water partition coefficient (Wildman–Crippen LogP) is 8.09. The lowest BCUT2D eigenvalue weighted by molar-refractivity contribution is 0.0362. The van der Waals surface area contributed by atoms with Crippen molar-refractivity contribution in [3.8, 4) is 17.2 Å². The lowest BCUT2D eigenvalue weighted by atomic mass is 10.1. The quantitative estimate of drug-likeness (QED) is 0.0819. The number of carbonyl (C=O) groups excluding carboxylic acids is 5. The fourth-order valence-electron chi connectivity index (χ4n) is 9.82. The molecule has 22 heteroatoms. The average molecular weight is 1180 g/mol. The third-order valence-electron chi connectivity index (χ3n) is 14.2. The summed E-state index contributed by atoms with van der Waals surface area (Å²) in [4.78, 5) is 69.3. The fraction of sp³-hybridized carbons (Fsp3) is 0.317. The number of urea groups is 2. The summed E-state index contributed by atoms with van der Waals surface area (Å²) in [7, 11) is 2.73. The number of hydrogen-bond acceptors (Lipinski definition) is 14. The van der Waals surface area contributed by atoms with Crippen molar-refractivity contribution >= 4 is 70.4 Å². The Morgan fingerprint density at radius 2 is 0.878 bits per heavy atom.